The minimum absolute atomic E-state index is 0.345. The molecule has 4 nitrogen and oxygen atoms in total. The van der Waals surface area contributed by atoms with Crippen LogP contribution < -0.4 is 0 Å². The van der Waals surface area contributed by atoms with Crippen molar-refractivity contribution in [2.75, 3.05) is 26.3 Å². The average Bonchev–Trinajstić information content (AvgIpc) is 2.29. The van der Waals surface area contributed by atoms with Crippen molar-refractivity contribution in [2.45, 2.75) is 38.6 Å². The van der Waals surface area contributed by atoms with Crippen molar-refractivity contribution in [1.29, 1.82) is 0 Å². The van der Waals surface area contributed by atoms with Gasteiger partial charge in [-0.2, -0.15) is 0 Å². The number of rotatable bonds is 3. The number of morpholine rings is 1. The lowest BCUT2D eigenvalue weighted by molar-refractivity contribution is -0.150. The van der Waals surface area contributed by atoms with Crippen LogP contribution in [0, 0.1) is 11.8 Å². The van der Waals surface area contributed by atoms with Crippen molar-refractivity contribution in [3.8, 4) is 0 Å². The third kappa shape index (κ3) is 3.42. The van der Waals surface area contributed by atoms with Crippen molar-refractivity contribution in [3.63, 3.8) is 0 Å². The van der Waals surface area contributed by atoms with Gasteiger partial charge in [0.25, 0.3) is 0 Å². The molecule has 17 heavy (non-hydrogen) atoms. The lowest BCUT2D eigenvalue weighted by atomic mass is 9.82. The van der Waals surface area contributed by atoms with E-state index in [2.05, 4.69) is 11.8 Å². The van der Waals surface area contributed by atoms with Gasteiger partial charge in [-0.15, -0.1) is 0 Å². The smallest absolute Gasteiger partial charge is 0.323 e. The summed E-state index contributed by atoms with van der Waals surface area (Å²) in [5.41, 5.74) is 0. The molecule has 1 N–H and O–H groups in total. The summed E-state index contributed by atoms with van der Waals surface area (Å²) in [5, 5.41) is 9.17. The van der Waals surface area contributed by atoms with Crippen LogP contribution in [-0.2, 0) is 9.53 Å². The molecule has 1 saturated heterocycles. The summed E-state index contributed by atoms with van der Waals surface area (Å²) in [4.78, 5) is 13.3. The highest BCUT2D eigenvalue weighted by molar-refractivity contribution is 5.73. The molecule has 0 bridgehead atoms. The van der Waals surface area contributed by atoms with Gasteiger partial charge in [0, 0.05) is 13.1 Å². The van der Waals surface area contributed by atoms with Crippen LogP contribution in [-0.4, -0.2) is 48.3 Å². The first kappa shape index (κ1) is 12.8. The number of carboxylic acids is 1. The maximum Gasteiger partial charge on any atom is 0.323 e. The van der Waals surface area contributed by atoms with Gasteiger partial charge in [-0.25, -0.2) is 0 Å². The maximum absolute atomic E-state index is 11.1. The molecule has 2 rings (SSSR count). The van der Waals surface area contributed by atoms with Crippen LogP contribution in [0.25, 0.3) is 0 Å². The van der Waals surface area contributed by atoms with E-state index in [0.29, 0.717) is 19.1 Å². The quantitative estimate of drug-likeness (QED) is 0.815. The van der Waals surface area contributed by atoms with E-state index < -0.39 is 12.0 Å². The second-order valence-corrected chi connectivity index (χ2v) is 5.56. The lowest BCUT2D eigenvalue weighted by Crippen LogP contribution is -2.51. The molecule has 1 aliphatic heterocycles. The summed E-state index contributed by atoms with van der Waals surface area (Å²) in [7, 11) is 0. The van der Waals surface area contributed by atoms with E-state index in [-0.39, 0.29) is 0 Å². The van der Waals surface area contributed by atoms with Gasteiger partial charge >= 0.3 is 5.97 Å². The third-order valence-corrected chi connectivity index (χ3v) is 4.06. The predicted octanol–water partition coefficient (Wildman–Crippen LogP) is 1.60. The molecule has 0 spiro atoms. The van der Waals surface area contributed by atoms with Crippen LogP contribution >= 0.6 is 0 Å². The molecule has 1 aliphatic carbocycles. The van der Waals surface area contributed by atoms with Crippen LogP contribution in [0.4, 0.5) is 0 Å². The van der Waals surface area contributed by atoms with Gasteiger partial charge in [0.05, 0.1) is 13.2 Å². The average molecular weight is 241 g/mol. The summed E-state index contributed by atoms with van der Waals surface area (Å²) in [6, 6.07) is -0.430. The molecule has 0 aromatic heterocycles. The Balaban J connectivity index is 1.89. The fourth-order valence-corrected chi connectivity index (χ4v) is 3.14. The minimum Gasteiger partial charge on any atom is -0.480 e. The number of carboxylic acid groups (broad SMARTS) is 1. The Labute approximate surface area is 103 Å². The van der Waals surface area contributed by atoms with E-state index >= 15 is 0 Å². The molecule has 0 radical (unpaired) electrons. The largest absolute Gasteiger partial charge is 0.480 e. The van der Waals surface area contributed by atoms with Crippen molar-refractivity contribution < 1.29 is 14.6 Å². The molecule has 0 aromatic carbocycles. The zero-order chi connectivity index (χ0) is 12.3. The first-order valence-corrected chi connectivity index (χ1v) is 6.71. The van der Waals surface area contributed by atoms with Gasteiger partial charge in [-0.1, -0.05) is 19.8 Å². The number of aliphatic carboxylic acids is 1. The zero-order valence-electron chi connectivity index (χ0n) is 10.6. The Kier molecular flexibility index (Phi) is 4.40. The lowest BCUT2D eigenvalue weighted by Gasteiger charge is -2.37. The molecule has 98 valence electrons. The van der Waals surface area contributed by atoms with Gasteiger partial charge in [-0.3, -0.25) is 9.69 Å². The van der Waals surface area contributed by atoms with Gasteiger partial charge in [-0.05, 0) is 24.7 Å². The van der Waals surface area contributed by atoms with E-state index in [1.54, 1.807) is 0 Å². The van der Waals surface area contributed by atoms with Crippen LogP contribution in [0.2, 0.25) is 0 Å². The van der Waals surface area contributed by atoms with Gasteiger partial charge in [0.2, 0.25) is 0 Å². The molecule has 3 unspecified atom stereocenters. The fraction of sp³-hybridized carbons (Fsp3) is 0.923. The molecule has 1 saturated carbocycles. The Morgan fingerprint density at radius 3 is 3.00 bits per heavy atom. The summed E-state index contributed by atoms with van der Waals surface area (Å²) in [5.74, 6) is 0.741. The van der Waals surface area contributed by atoms with Crippen LogP contribution in [0.15, 0.2) is 0 Å². The van der Waals surface area contributed by atoms with E-state index in [4.69, 9.17) is 9.84 Å². The van der Waals surface area contributed by atoms with Crippen molar-refractivity contribution >= 4 is 5.97 Å². The second-order valence-electron chi connectivity index (χ2n) is 5.56. The van der Waals surface area contributed by atoms with Gasteiger partial charge in [0.15, 0.2) is 0 Å². The summed E-state index contributed by atoms with van der Waals surface area (Å²) < 4.78 is 5.26. The van der Waals surface area contributed by atoms with Crippen LogP contribution in [0.1, 0.15) is 32.6 Å². The molecule has 4 heteroatoms. The number of hydrogen-bond acceptors (Lipinski definition) is 3. The van der Waals surface area contributed by atoms with Crippen molar-refractivity contribution in [3.05, 3.63) is 0 Å². The second kappa shape index (κ2) is 5.83. The Bertz CT molecular complexity index is 269. The molecule has 0 amide bonds. The number of ether oxygens (including phenoxy) is 1. The Morgan fingerprint density at radius 1 is 1.47 bits per heavy atom. The van der Waals surface area contributed by atoms with E-state index in [9.17, 15) is 4.79 Å². The zero-order valence-corrected chi connectivity index (χ0v) is 10.6. The van der Waals surface area contributed by atoms with Gasteiger partial charge in [0.1, 0.15) is 6.04 Å². The SMILES string of the molecule is CC1CCCC(CN2CCOCC2C(=O)O)C1. The number of hydrogen-bond donors (Lipinski definition) is 1. The molecular formula is C13H23NO3. The van der Waals surface area contributed by atoms with E-state index in [1.807, 2.05) is 0 Å². The standard InChI is InChI=1S/C13H23NO3/c1-10-3-2-4-11(7-10)8-14-5-6-17-9-12(14)13(15)16/h10-12H,2-9H2,1H3,(H,15,16). The predicted molar refractivity (Wildman–Crippen MR) is 64.9 cm³/mol. The molecular weight excluding hydrogens is 218 g/mol. The normalized spacial score (nSPS) is 35.7. The highest BCUT2D eigenvalue weighted by Crippen LogP contribution is 2.29. The highest BCUT2D eigenvalue weighted by atomic mass is 16.5. The monoisotopic (exact) mass is 241 g/mol. The van der Waals surface area contributed by atoms with Crippen LogP contribution in [0.5, 0.6) is 0 Å². The first-order chi connectivity index (χ1) is 8.16. The van der Waals surface area contributed by atoms with Crippen molar-refractivity contribution in [2.24, 2.45) is 11.8 Å². The van der Waals surface area contributed by atoms with E-state index in [1.165, 1.54) is 25.7 Å². The Morgan fingerprint density at radius 2 is 2.29 bits per heavy atom. The van der Waals surface area contributed by atoms with Gasteiger partial charge < -0.3 is 9.84 Å². The third-order valence-electron chi connectivity index (χ3n) is 4.06. The maximum atomic E-state index is 11.1. The minimum atomic E-state index is -0.742. The number of carbonyl (C=O) groups is 1. The first-order valence-electron chi connectivity index (χ1n) is 6.71. The molecule has 1 heterocycles. The highest BCUT2D eigenvalue weighted by Gasteiger charge is 2.31. The molecule has 3 atom stereocenters. The van der Waals surface area contributed by atoms with Crippen molar-refractivity contribution in [1.82, 2.24) is 4.90 Å². The topological polar surface area (TPSA) is 49.8 Å². The number of nitrogens with zero attached hydrogens (tertiary/aromatic N) is 1. The molecule has 0 aromatic rings. The summed E-state index contributed by atoms with van der Waals surface area (Å²) in [6.45, 7) is 5.02. The molecule has 2 fully saturated rings. The Hall–Kier alpha value is -0.610. The fourth-order valence-electron chi connectivity index (χ4n) is 3.14. The van der Waals surface area contributed by atoms with E-state index in [0.717, 1.165) is 19.0 Å². The summed E-state index contributed by atoms with van der Waals surface area (Å²) >= 11 is 0. The molecule has 2 aliphatic rings. The van der Waals surface area contributed by atoms with Crippen LogP contribution in [0.3, 0.4) is 0 Å². The summed E-state index contributed by atoms with van der Waals surface area (Å²) in [6.07, 6.45) is 5.15.